The molecule has 0 unspecified atom stereocenters. The molecule has 0 saturated heterocycles. The lowest BCUT2D eigenvalue weighted by atomic mass is 9.72. The largest absolute Gasteiger partial charge is 0.490 e. The first-order valence-electron chi connectivity index (χ1n) is 11.2. The smallest absolute Gasteiger partial charge is 0.420 e. The van der Waals surface area contributed by atoms with E-state index >= 15 is 0 Å². The van der Waals surface area contributed by atoms with Crippen molar-refractivity contribution in [1.29, 1.82) is 0 Å². The predicted octanol–water partition coefficient (Wildman–Crippen LogP) is 6.41. The summed E-state index contributed by atoms with van der Waals surface area (Å²) in [5.41, 5.74) is 0.272. The Hall–Kier alpha value is -2.28. The number of benzene rings is 2. The van der Waals surface area contributed by atoms with Crippen LogP contribution in [0.5, 0.6) is 5.75 Å². The van der Waals surface area contributed by atoms with Gasteiger partial charge in [0.15, 0.2) is 0 Å². The van der Waals surface area contributed by atoms with Crippen LogP contribution in [0.1, 0.15) is 64.0 Å². The van der Waals surface area contributed by atoms with Crippen LogP contribution in [0.25, 0.3) is 10.8 Å². The molecule has 32 heavy (non-hydrogen) atoms. The van der Waals surface area contributed by atoms with E-state index in [1.165, 1.54) is 12.1 Å². The highest BCUT2D eigenvalue weighted by Crippen LogP contribution is 2.44. The number of hydrogen-bond acceptors (Lipinski definition) is 3. The van der Waals surface area contributed by atoms with E-state index in [0.717, 1.165) is 31.2 Å². The number of rotatable bonds is 7. The van der Waals surface area contributed by atoms with Crippen LogP contribution < -0.4 is 10.1 Å². The van der Waals surface area contributed by atoms with E-state index in [-0.39, 0.29) is 29.1 Å². The Kier molecular flexibility index (Phi) is 7.38. The number of carboxylic acid groups (broad SMARTS) is 1. The molecule has 1 aliphatic carbocycles. The monoisotopic (exact) mass is 451 g/mol. The molecular weight excluding hydrogens is 419 g/mol. The third kappa shape index (κ3) is 6.15. The van der Waals surface area contributed by atoms with Crippen molar-refractivity contribution in [2.75, 3.05) is 6.54 Å². The second-order valence-corrected chi connectivity index (χ2v) is 9.77. The third-order valence-corrected chi connectivity index (χ3v) is 6.37. The van der Waals surface area contributed by atoms with Crippen LogP contribution in [0, 0.1) is 11.3 Å². The summed E-state index contributed by atoms with van der Waals surface area (Å²) in [6.07, 6.45) is -1.30. The first-order valence-corrected chi connectivity index (χ1v) is 11.2. The Balaban J connectivity index is 1.78. The molecule has 4 nitrogen and oxygen atoms in total. The zero-order chi connectivity index (χ0) is 23.5. The fourth-order valence-electron chi connectivity index (χ4n) is 4.51. The highest BCUT2D eigenvalue weighted by molar-refractivity contribution is 5.89. The van der Waals surface area contributed by atoms with Gasteiger partial charge in [0, 0.05) is 13.1 Å². The molecule has 0 radical (unpaired) electrons. The molecule has 0 atom stereocenters. The van der Waals surface area contributed by atoms with Gasteiger partial charge in [-0.1, -0.05) is 39.0 Å². The number of fused-ring (bicyclic) bond motifs is 1. The molecule has 2 aromatic carbocycles. The minimum absolute atomic E-state index is 0.00975. The van der Waals surface area contributed by atoms with Gasteiger partial charge < -0.3 is 15.2 Å². The molecule has 3 rings (SSSR count). The molecule has 0 spiro atoms. The van der Waals surface area contributed by atoms with Gasteiger partial charge in [-0.05, 0) is 65.5 Å². The van der Waals surface area contributed by atoms with Crippen LogP contribution in [-0.4, -0.2) is 23.7 Å². The fourth-order valence-corrected chi connectivity index (χ4v) is 4.51. The third-order valence-electron chi connectivity index (χ3n) is 6.37. The lowest BCUT2D eigenvalue weighted by Crippen LogP contribution is -2.31. The van der Waals surface area contributed by atoms with Gasteiger partial charge >= 0.3 is 12.1 Å². The lowest BCUT2D eigenvalue weighted by Gasteiger charge is -2.37. The average Bonchev–Trinajstić information content (AvgIpc) is 2.69. The van der Waals surface area contributed by atoms with Crippen molar-refractivity contribution in [3.63, 3.8) is 0 Å². The number of halogens is 3. The molecule has 1 saturated carbocycles. The van der Waals surface area contributed by atoms with Crippen LogP contribution in [0.15, 0.2) is 30.3 Å². The Labute approximate surface area is 187 Å². The van der Waals surface area contributed by atoms with Crippen molar-refractivity contribution >= 4 is 16.7 Å². The van der Waals surface area contributed by atoms with E-state index in [2.05, 4.69) is 26.1 Å². The summed E-state index contributed by atoms with van der Waals surface area (Å²) < 4.78 is 48.0. The van der Waals surface area contributed by atoms with Crippen molar-refractivity contribution in [1.82, 2.24) is 5.32 Å². The maximum Gasteiger partial charge on any atom is 0.420 e. The quantitative estimate of drug-likeness (QED) is 0.478. The molecule has 0 bridgehead atoms. The molecule has 0 aliphatic heterocycles. The number of hydrogen-bond donors (Lipinski definition) is 2. The van der Waals surface area contributed by atoms with E-state index < -0.39 is 17.7 Å². The summed E-state index contributed by atoms with van der Waals surface area (Å²) in [5.74, 6) is -0.439. The number of ether oxygens (including phenoxy) is 1. The Morgan fingerprint density at radius 1 is 1.09 bits per heavy atom. The second-order valence-electron chi connectivity index (χ2n) is 9.77. The van der Waals surface area contributed by atoms with Crippen molar-refractivity contribution in [3.05, 3.63) is 41.5 Å². The predicted molar refractivity (Wildman–Crippen MR) is 119 cm³/mol. The van der Waals surface area contributed by atoms with Crippen molar-refractivity contribution < 1.29 is 27.8 Å². The number of aliphatic carboxylic acids is 1. The van der Waals surface area contributed by atoms with Gasteiger partial charge in [0.1, 0.15) is 11.3 Å². The lowest BCUT2D eigenvalue weighted by molar-refractivity contribution is -0.138. The molecule has 1 fully saturated rings. The van der Waals surface area contributed by atoms with Gasteiger partial charge in [-0.2, -0.15) is 13.2 Å². The average molecular weight is 452 g/mol. The molecule has 0 aromatic heterocycles. The second kappa shape index (κ2) is 9.69. The summed E-state index contributed by atoms with van der Waals surface area (Å²) in [6, 6.07) is 7.93. The number of carbonyl (C=O) groups is 1. The SMILES string of the molecule is CC(C)(C)[C@H]1CC[C@H](Oc2ccc3cc(CNCCC(=O)O)ccc3c2C(F)(F)F)CC1. The zero-order valence-electron chi connectivity index (χ0n) is 18.9. The Morgan fingerprint density at radius 3 is 2.38 bits per heavy atom. The van der Waals surface area contributed by atoms with Gasteiger partial charge in [0.25, 0.3) is 0 Å². The van der Waals surface area contributed by atoms with Gasteiger partial charge in [0.05, 0.1) is 12.5 Å². The molecule has 176 valence electrons. The first kappa shape index (κ1) is 24.4. The molecular formula is C25H32F3NO3. The number of nitrogens with one attached hydrogen (secondary N) is 1. The van der Waals surface area contributed by atoms with Crippen LogP contribution in [0.4, 0.5) is 13.2 Å². The minimum atomic E-state index is -4.53. The number of alkyl halides is 3. The van der Waals surface area contributed by atoms with Crippen molar-refractivity contribution in [2.45, 2.75) is 71.7 Å². The van der Waals surface area contributed by atoms with Crippen LogP contribution in [-0.2, 0) is 17.5 Å². The summed E-state index contributed by atoms with van der Waals surface area (Å²) >= 11 is 0. The summed E-state index contributed by atoms with van der Waals surface area (Å²) in [4.78, 5) is 10.6. The van der Waals surface area contributed by atoms with Crippen molar-refractivity contribution in [2.24, 2.45) is 11.3 Å². The first-order chi connectivity index (χ1) is 14.9. The standard InChI is InChI=1S/C25H32F3NO3/c1-24(2,3)18-6-8-19(9-7-18)32-21-11-5-17-14-16(15-29-13-12-22(30)31)4-10-20(17)23(21)25(26,27)28/h4-5,10-11,14,18-19,29H,6-9,12-13,15H2,1-3H3,(H,30,31)/t18-,19-. The Morgan fingerprint density at radius 2 is 1.78 bits per heavy atom. The molecule has 2 N–H and O–H groups in total. The molecule has 0 heterocycles. The van der Waals surface area contributed by atoms with E-state index in [4.69, 9.17) is 9.84 Å². The van der Waals surface area contributed by atoms with Gasteiger partial charge in [0.2, 0.25) is 0 Å². The van der Waals surface area contributed by atoms with Crippen molar-refractivity contribution in [3.8, 4) is 5.75 Å². The van der Waals surface area contributed by atoms with Gasteiger partial charge in [-0.25, -0.2) is 0 Å². The maximum atomic E-state index is 14.0. The van der Waals surface area contributed by atoms with Crippen LogP contribution >= 0.6 is 0 Å². The molecule has 1 aliphatic rings. The van der Waals surface area contributed by atoms with E-state index in [1.54, 1.807) is 18.2 Å². The molecule has 0 amide bonds. The van der Waals surface area contributed by atoms with E-state index in [1.807, 2.05) is 0 Å². The van der Waals surface area contributed by atoms with Crippen LogP contribution in [0.3, 0.4) is 0 Å². The normalized spacial score (nSPS) is 19.8. The minimum Gasteiger partial charge on any atom is -0.490 e. The van der Waals surface area contributed by atoms with E-state index in [0.29, 0.717) is 24.4 Å². The van der Waals surface area contributed by atoms with Crippen LogP contribution in [0.2, 0.25) is 0 Å². The van der Waals surface area contributed by atoms with E-state index in [9.17, 15) is 18.0 Å². The Bertz CT molecular complexity index is 942. The number of carboxylic acids is 1. The highest BCUT2D eigenvalue weighted by atomic mass is 19.4. The maximum absolute atomic E-state index is 14.0. The zero-order valence-corrected chi connectivity index (χ0v) is 18.9. The van der Waals surface area contributed by atoms with Gasteiger partial charge in [-0.15, -0.1) is 0 Å². The molecule has 7 heteroatoms. The molecule has 2 aromatic rings. The summed E-state index contributed by atoms with van der Waals surface area (Å²) in [6.45, 7) is 7.31. The highest BCUT2D eigenvalue weighted by Gasteiger charge is 2.38. The van der Waals surface area contributed by atoms with Gasteiger partial charge in [-0.3, -0.25) is 4.79 Å². The summed E-state index contributed by atoms with van der Waals surface area (Å²) in [5, 5.41) is 12.3. The summed E-state index contributed by atoms with van der Waals surface area (Å²) in [7, 11) is 0. The topological polar surface area (TPSA) is 58.6 Å². The fraction of sp³-hybridized carbons (Fsp3) is 0.560.